The Morgan fingerprint density at radius 3 is 1.01 bits per heavy atom. The molecule has 0 spiro atoms. The first-order valence-electron chi connectivity index (χ1n) is 26.3. The van der Waals surface area contributed by atoms with E-state index in [1.807, 2.05) is 48.5 Å². The topological polar surface area (TPSA) is 206 Å². The van der Waals surface area contributed by atoms with Crippen molar-refractivity contribution in [2.45, 2.75) is 68.7 Å². The number of benzene rings is 6. The van der Waals surface area contributed by atoms with Crippen molar-refractivity contribution in [3.63, 3.8) is 0 Å². The molecule has 12 rings (SSSR count). The van der Waals surface area contributed by atoms with E-state index in [0.717, 1.165) is 19.5 Å². The predicted molar refractivity (Wildman–Crippen MR) is 285 cm³/mol. The van der Waals surface area contributed by atoms with Gasteiger partial charge in [-0.05, 0) is 112 Å². The fraction of sp³-hybridized carbons (Fsp3) is 0.323. The SMILES string of the molecule is O=C(NC1CCC(C(=O)O)CC1)OCC1c2ccccc2-c2ccccc21.O=C(O)C1CCN(C(=O)OCC2c3ccccc3-c3ccccc32)CC1.O=C(OCC1c2ccccc2-c2ccccc21)N1CCC1.O=C=O. The number of nitrogens with one attached hydrogen (secondary N) is 1. The summed E-state index contributed by atoms with van der Waals surface area (Å²) in [5, 5.41) is 21.0. The van der Waals surface area contributed by atoms with Gasteiger partial charge < -0.3 is 39.5 Å². The van der Waals surface area contributed by atoms with E-state index in [2.05, 4.69) is 102 Å². The van der Waals surface area contributed by atoms with Gasteiger partial charge in [0.25, 0.3) is 0 Å². The molecule has 2 aliphatic heterocycles. The molecule has 3 fully saturated rings. The van der Waals surface area contributed by atoms with Crippen molar-refractivity contribution in [3.05, 3.63) is 179 Å². The molecule has 6 aromatic rings. The quantitative estimate of drug-likeness (QED) is 0.116. The van der Waals surface area contributed by atoms with Crippen LogP contribution in [0.2, 0.25) is 0 Å². The van der Waals surface area contributed by atoms with E-state index in [1.54, 1.807) is 9.80 Å². The number of piperidine rings is 1. The van der Waals surface area contributed by atoms with Gasteiger partial charge in [-0.15, -0.1) is 0 Å². The molecule has 1 saturated carbocycles. The maximum Gasteiger partial charge on any atom is 0.409 e. The molecule has 0 aromatic heterocycles. The number of carbonyl (C=O) groups is 5. The van der Waals surface area contributed by atoms with Gasteiger partial charge in [0.15, 0.2) is 0 Å². The van der Waals surface area contributed by atoms with E-state index in [0.29, 0.717) is 71.4 Å². The zero-order valence-electron chi connectivity index (χ0n) is 42.6. The summed E-state index contributed by atoms with van der Waals surface area (Å²) >= 11 is 0. The Bertz CT molecular complexity index is 2990. The molecule has 6 aliphatic rings. The molecule has 0 unspecified atom stereocenters. The van der Waals surface area contributed by atoms with E-state index < -0.39 is 18.0 Å². The molecular weight excluding hydrogens is 979 g/mol. The van der Waals surface area contributed by atoms with Crippen molar-refractivity contribution in [3.8, 4) is 33.4 Å². The van der Waals surface area contributed by atoms with Gasteiger partial charge in [0.1, 0.15) is 19.8 Å². The molecule has 3 N–H and O–H groups in total. The van der Waals surface area contributed by atoms with Crippen LogP contribution in [-0.2, 0) is 33.4 Å². The first-order valence-corrected chi connectivity index (χ1v) is 26.3. The molecule has 0 radical (unpaired) electrons. The van der Waals surface area contributed by atoms with Crippen LogP contribution in [0.15, 0.2) is 146 Å². The van der Waals surface area contributed by atoms with E-state index in [4.69, 9.17) is 34.0 Å². The number of hydrogen-bond donors (Lipinski definition) is 3. The highest BCUT2D eigenvalue weighted by molar-refractivity contribution is 5.81. The van der Waals surface area contributed by atoms with E-state index in [-0.39, 0.29) is 54.0 Å². The zero-order valence-corrected chi connectivity index (χ0v) is 42.6. The summed E-state index contributed by atoms with van der Waals surface area (Å²) in [7, 11) is 0. The highest BCUT2D eigenvalue weighted by Crippen LogP contribution is 2.47. The highest BCUT2D eigenvalue weighted by Gasteiger charge is 2.34. The Kier molecular flexibility index (Phi) is 17.2. The number of fused-ring (bicyclic) bond motifs is 9. The first kappa shape index (κ1) is 53.3. The van der Waals surface area contributed by atoms with Crippen LogP contribution in [0.4, 0.5) is 14.4 Å². The standard InChI is InChI=1S/C22H23NO4.C21H21NO4.C18H17NO2.CO2/c24-21(25)14-9-11-15(12-10-14)23-22(26)27-13-20-18-7-3-1-5-16(18)17-6-2-4-8-19(17)20;23-20(24)14-9-11-22(12-10-14)21(25)26-13-19-17-7-3-1-5-15(17)16-6-2-4-8-18(16)19;20-18(19-10-5-11-19)21-12-17-15-8-3-1-6-13(15)14-7-2-4-9-16(14)17;2-1-3/h1-8,14-15,20H,9-13H2,(H,23,26)(H,24,25);1-8,14,19H,9-13H2,(H,23,24);1-4,6-9,17H,5,10-12H2;. The van der Waals surface area contributed by atoms with Crippen LogP contribution in [-0.4, -0.2) is 108 Å². The van der Waals surface area contributed by atoms with Gasteiger partial charge in [-0.2, -0.15) is 9.59 Å². The van der Waals surface area contributed by atoms with Crippen molar-refractivity contribution >= 4 is 36.4 Å². The number of carboxylic acids is 2. The third-order valence-electron chi connectivity index (χ3n) is 15.6. The second-order valence-electron chi connectivity index (χ2n) is 20.0. The summed E-state index contributed by atoms with van der Waals surface area (Å²) in [6, 6.07) is 49.7. The molecule has 6 aromatic carbocycles. The van der Waals surface area contributed by atoms with Crippen molar-refractivity contribution in [2.75, 3.05) is 46.0 Å². The lowest BCUT2D eigenvalue weighted by molar-refractivity contribution is -0.191. The fourth-order valence-electron chi connectivity index (χ4n) is 11.5. The van der Waals surface area contributed by atoms with Gasteiger partial charge in [-0.3, -0.25) is 9.59 Å². The summed E-state index contributed by atoms with van der Waals surface area (Å²) in [5.74, 6) is -1.92. The van der Waals surface area contributed by atoms with Crippen LogP contribution in [0.5, 0.6) is 0 Å². The second-order valence-corrected chi connectivity index (χ2v) is 20.0. The number of rotatable bonds is 9. The Morgan fingerprint density at radius 1 is 0.429 bits per heavy atom. The fourth-order valence-corrected chi connectivity index (χ4v) is 11.5. The lowest BCUT2D eigenvalue weighted by atomic mass is 9.86. The van der Waals surface area contributed by atoms with Crippen molar-refractivity contribution in [1.29, 1.82) is 0 Å². The number of alkyl carbamates (subject to hydrolysis) is 1. The zero-order chi connectivity index (χ0) is 53.8. The molecule has 15 nitrogen and oxygen atoms in total. The molecule has 2 saturated heterocycles. The van der Waals surface area contributed by atoms with Crippen molar-refractivity contribution < 1.29 is 58.0 Å². The monoisotopic (exact) mass is 1040 g/mol. The summed E-state index contributed by atoms with van der Waals surface area (Å²) in [6.45, 7) is 3.55. The van der Waals surface area contributed by atoms with Gasteiger partial charge in [0.05, 0.1) is 11.8 Å². The average molecular weight is 1040 g/mol. The number of carbonyl (C=O) groups excluding carboxylic acids is 5. The van der Waals surface area contributed by atoms with Gasteiger partial charge in [-0.1, -0.05) is 146 Å². The van der Waals surface area contributed by atoms with E-state index in [1.165, 1.54) is 66.8 Å². The number of likely N-dealkylation sites (tertiary alicyclic amines) is 2. The summed E-state index contributed by atoms with van der Waals surface area (Å²) < 4.78 is 16.7. The Morgan fingerprint density at radius 2 is 0.714 bits per heavy atom. The van der Waals surface area contributed by atoms with Crippen LogP contribution >= 0.6 is 0 Å². The lowest BCUT2D eigenvalue weighted by Gasteiger charge is -2.30. The second kappa shape index (κ2) is 24.9. The first-order chi connectivity index (χ1) is 37.5. The van der Waals surface area contributed by atoms with Crippen LogP contribution in [0.3, 0.4) is 0 Å². The Hall–Kier alpha value is -8.55. The number of aliphatic carboxylic acids is 2. The van der Waals surface area contributed by atoms with E-state index in [9.17, 15) is 24.0 Å². The van der Waals surface area contributed by atoms with Gasteiger partial charge in [0.2, 0.25) is 0 Å². The molecule has 3 amide bonds. The van der Waals surface area contributed by atoms with Crippen LogP contribution < -0.4 is 5.32 Å². The van der Waals surface area contributed by atoms with Crippen molar-refractivity contribution in [1.82, 2.24) is 15.1 Å². The average Bonchev–Trinajstić information content (AvgIpc) is 4.09. The normalized spacial score (nSPS) is 17.6. The number of carboxylic acid groups (broad SMARTS) is 2. The smallest absolute Gasteiger partial charge is 0.409 e. The number of amides is 3. The van der Waals surface area contributed by atoms with E-state index >= 15 is 0 Å². The maximum absolute atomic E-state index is 12.4. The van der Waals surface area contributed by atoms with Crippen LogP contribution in [0.1, 0.15) is 96.1 Å². The minimum absolute atomic E-state index is 0.00347. The third-order valence-corrected chi connectivity index (χ3v) is 15.6. The predicted octanol–water partition coefficient (Wildman–Crippen LogP) is 11.0. The van der Waals surface area contributed by atoms with Crippen LogP contribution in [0.25, 0.3) is 33.4 Å². The molecule has 396 valence electrons. The van der Waals surface area contributed by atoms with Crippen LogP contribution in [0, 0.1) is 11.8 Å². The Balaban J connectivity index is 0.000000138. The van der Waals surface area contributed by atoms with Crippen molar-refractivity contribution in [2.24, 2.45) is 11.8 Å². The largest absolute Gasteiger partial charge is 0.481 e. The molecule has 4 aliphatic carbocycles. The van der Waals surface area contributed by atoms with Gasteiger partial charge >= 0.3 is 36.4 Å². The maximum atomic E-state index is 12.4. The Labute approximate surface area is 446 Å². The molecule has 2 heterocycles. The summed E-state index contributed by atoms with van der Waals surface area (Å²) in [4.78, 5) is 78.3. The molecule has 15 heteroatoms. The minimum atomic E-state index is -0.780. The molecular formula is C62H61N3O12. The number of ether oxygens (including phenoxy) is 3. The summed E-state index contributed by atoms with van der Waals surface area (Å²) in [6.07, 6.45) is 3.92. The summed E-state index contributed by atoms with van der Waals surface area (Å²) in [5.41, 5.74) is 14.6. The molecule has 0 atom stereocenters. The number of nitrogens with zero attached hydrogens (tertiary/aromatic N) is 2. The highest BCUT2D eigenvalue weighted by atomic mass is 16.6. The minimum Gasteiger partial charge on any atom is -0.481 e. The number of hydrogen-bond acceptors (Lipinski definition) is 10. The van der Waals surface area contributed by atoms with Gasteiger partial charge in [0, 0.05) is 50.0 Å². The molecule has 77 heavy (non-hydrogen) atoms. The van der Waals surface area contributed by atoms with Gasteiger partial charge in [-0.25, -0.2) is 14.4 Å². The third kappa shape index (κ3) is 12.1. The lowest BCUT2D eigenvalue weighted by Crippen LogP contribution is -2.42. The molecule has 0 bridgehead atoms.